The summed E-state index contributed by atoms with van der Waals surface area (Å²) in [5.74, 6) is 0.296. The molecule has 0 radical (unpaired) electrons. The maximum absolute atomic E-state index is 12.3. The van der Waals surface area contributed by atoms with Crippen LogP contribution in [0.1, 0.15) is 24.0 Å². The number of fused-ring (bicyclic) bond motifs is 1. The third-order valence-electron chi connectivity index (χ3n) is 3.78. The molecule has 1 heterocycles. The number of nitrogens with zero attached hydrogens (tertiary/aromatic N) is 1. The Kier molecular flexibility index (Phi) is 2.44. The number of benzene rings is 1. The molecule has 0 bridgehead atoms. The van der Waals surface area contributed by atoms with E-state index in [0.717, 1.165) is 31.5 Å². The fourth-order valence-corrected chi connectivity index (χ4v) is 2.65. The van der Waals surface area contributed by atoms with Crippen LogP contribution >= 0.6 is 0 Å². The highest BCUT2D eigenvalue weighted by atomic mass is 16.2. The standard InChI is InChI=1S/C14H18N2O/c1-9-4-5-13-10(7-9)3-2-6-16(13)14(17)11-8-12(11)15/h4-5,7,11-12H,2-3,6,8,15H2,1H3. The zero-order chi connectivity index (χ0) is 12.0. The first-order valence-corrected chi connectivity index (χ1v) is 6.33. The molecule has 90 valence electrons. The average molecular weight is 230 g/mol. The van der Waals surface area contributed by atoms with Gasteiger partial charge in [-0.2, -0.15) is 0 Å². The van der Waals surface area contributed by atoms with Crippen molar-refractivity contribution in [2.75, 3.05) is 11.4 Å². The van der Waals surface area contributed by atoms with Crippen molar-refractivity contribution in [1.29, 1.82) is 0 Å². The van der Waals surface area contributed by atoms with E-state index in [-0.39, 0.29) is 17.9 Å². The zero-order valence-corrected chi connectivity index (χ0v) is 10.1. The summed E-state index contributed by atoms with van der Waals surface area (Å²) in [6.45, 7) is 2.94. The summed E-state index contributed by atoms with van der Waals surface area (Å²) in [4.78, 5) is 14.2. The molecule has 3 heteroatoms. The second-order valence-electron chi connectivity index (χ2n) is 5.23. The molecule has 2 N–H and O–H groups in total. The highest BCUT2D eigenvalue weighted by Gasteiger charge is 2.43. The molecule has 1 aliphatic heterocycles. The number of amides is 1. The van der Waals surface area contributed by atoms with E-state index in [0.29, 0.717) is 0 Å². The minimum absolute atomic E-state index is 0.0715. The average Bonchev–Trinajstić information content (AvgIpc) is 3.04. The van der Waals surface area contributed by atoms with Gasteiger partial charge >= 0.3 is 0 Å². The molecule has 0 aromatic heterocycles. The van der Waals surface area contributed by atoms with Crippen molar-refractivity contribution in [2.24, 2.45) is 11.7 Å². The Morgan fingerprint density at radius 1 is 1.47 bits per heavy atom. The molecule has 0 saturated heterocycles. The van der Waals surface area contributed by atoms with E-state index < -0.39 is 0 Å². The lowest BCUT2D eigenvalue weighted by molar-refractivity contribution is -0.119. The van der Waals surface area contributed by atoms with Crippen LogP contribution in [0.5, 0.6) is 0 Å². The van der Waals surface area contributed by atoms with E-state index in [1.54, 1.807) is 0 Å². The fraction of sp³-hybridized carbons (Fsp3) is 0.500. The Hall–Kier alpha value is -1.35. The monoisotopic (exact) mass is 230 g/mol. The van der Waals surface area contributed by atoms with Gasteiger partial charge in [-0.3, -0.25) is 4.79 Å². The molecule has 2 atom stereocenters. The molecular weight excluding hydrogens is 212 g/mol. The van der Waals surface area contributed by atoms with E-state index in [1.165, 1.54) is 11.1 Å². The molecule has 3 rings (SSSR count). The van der Waals surface area contributed by atoms with Crippen LogP contribution in [-0.2, 0) is 11.2 Å². The Balaban J connectivity index is 1.91. The topological polar surface area (TPSA) is 46.3 Å². The van der Waals surface area contributed by atoms with Crippen LogP contribution < -0.4 is 10.6 Å². The molecule has 0 spiro atoms. The van der Waals surface area contributed by atoms with Gasteiger partial charge in [-0.25, -0.2) is 0 Å². The van der Waals surface area contributed by atoms with Crippen LogP contribution in [0, 0.1) is 12.8 Å². The molecule has 2 unspecified atom stereocenters. The number of nitrogens with two attached hydrogens (primary N) is 1. The first kappa shape index (κ1) is 10.8. The van der Waals surface area contributed by atoms with Gasteiger partial charge < -0.3 is 10.6 Å². The maximum Gasteiger partial charge on any atom is 0.231 e. The lowest BCUT2D eigenvalue weighted by atomic mass is 9.99. The summed E-state index contributed by atoms with van der Waals surface area (Å²) in [6, 6.07) is 6.45. The highest BCUT2D eigenvalue weighted by Crippen LogP contribution is 2.35. The van der Waals surface area contributed by atoms with Crippen LogP contribution in [0.15, 0.2) is 18.2 Å². The third kappa shape index (κ3) is 1.84. The van der Waals surface area contributed by atoms with Gasteiger partial charge in [-0.05, 0) is 37.8 Å². The summed E-state index contributed by atoms with van der Waals surface area (Å²) in [5.41, 5.74) is 9.44. The zero-order valence-electron chi connectivity index (χ0n) is 10.1. The summed E-state index contributed by atoms with van der Waals surface area (Å²) < 4.78 is 0. The Morgan fingerprint density at radius 2 is 2.24 bits per heavy atom. The van der Waals surface area contributed by atoms with Gasteiger partial charge in [-0.15, -0.1) is 0 Å². The van der Waals surface area contributed by atoms with Crippen molar-refractivity contribution in [3.8, 4) is 0 Å². The second kappa shape index (κ2) is 3.84. The number of anilines is 1. The van der Waals surface area contributed by atoms with Gasteiger partial charge in [0.25, 0.3) is 0 Å². The van der Waals surface area contributed by atoms with Crippen molar-refractivity contribution in [2.45, 2.75) is 32.2 Å². The Bertz CT molecular complexity index is 469. The number of carbonyl (C=O) groups excluding carboxylic acids is 1. The van der Waals surface area contributed by atoms with Crippen LogP contribution in [0.3, 0.4) is 0 Å². The predicted molar refractivity (Wildman–Crippen MR) is 67.9 cm³/mol. The molecule has 1 aromatic rings. The largest absolute Gasteiger partial charge is 0.327 e. The van der Waals surface area contributed by atoms with Crippen LogP contribution in [0.4, 0.5) is 5.69 Å². The lowest BCUT2D eigenvalue weighted by Crippen LogP contribution is -2.37. The predicted octanol–water partition coefficient (Wildman–Crippen LogP) is 1.62. The van der Waals surface area contributed by atoms with Crippen molar-refractivity contribution in [3.05, 3.63) is 29.3 Å². The lowest BCUT2D eigenvalue weighted by Gasteiger charge is -2.30. The van der Waals surface area contributed by atoms with Gasteiger partial charge in [-0.1, -0.05) is 17.7 Å². The molecule has 1 fully saturated rings. The molecule has 17 heavy (non-hydrogen) atoms. The summed E-state index contributed by atoms with van der Waals surface area (Å²) in [7, 11) is 0. The van der Waals surface area contributed by atoms with E-state index in [9.17, 15) is 4.79 Å². The second-order valence-corrected chi connectivity index (χ2v) is 5.23. The van der Waals surface area contributed by atoms with Crippen molar-refractivity contribution < 1.29 is 4.79 Å². The number of hydrogen-bond donors (Lipinski definition) is 1. The van der Waals surface area contributed by atoms with E-state index in [2.05, 4.69) is 25.1 Å². The molecule has 2 aliphatic rings. The third-order valence-corrected chi connectivity index (χ3v) is 3.78. The van der Waals surface area contributed by atoms with Gasteiger partial charge in [0.05, 0.1) is 5.92 Å². The number of rotatable bonds is 1. The van der Waals surface area contributed by atoms with Crippen LogP contribution in [0.25, 0.3) is 0 Å². The highest BCUT2D eigenvalue weighted by molar-refractivity contribution is 5.98. The Labute approximate surface area is 102 Å². The molecule has 1 saturated carbocycles. The fourth-order valence-electron chi connectivity index (χ4n) is 2.65. The number of hydrogen-bond acceptors (Lipinski definition) is 2. The van der Waals surface area contributed by atoms with Crippen molar-refractivity contribution in [1.82, 2.24) is 0 Å². The normalized spacial score (nSPS) is 26.6. The van der Waals surface area contributed by atoms with E-state index in [1.807, 2.05) is 4.90 Å². The molecule has 3 nitrogen and oxygen atoms in total. The van der Waals surface area contributed by atoms with Gasteiger partial charge in [0.15, 0.2) is 0 Å². The van der Waals surface area contributed by atoms with Gasteiger partial charge in [0.2, 0.25) is 5.91 Å². The SMILES string of the molecule is Cc1ccc2c(c1)CCCN2C(=O)C1CC1N. The minimum Gasteiger partial charge on any atom is -0.327 e. The van der Waals surface area contributed by atoms with Crippen molar-refractivity contribution >= 4 is 11.6 Å². The number of carbonyl (C=O) groups is 1. The summed E-state index contributed by atoms with van der Waals surface area (Å²) >= 11 is 0. The molecular formula is C14H18N2O. The number of aryl methyl sites for hydroxylation is 2. The first-order valence-electron chi connectivity index (χ1n) is 6.33. The Morgan fingerprint density at radius 3 is 2.94 bits per heavy atom. The smallest absolute Gasteiger partial charge is 0.231 e. The van der Waals surface area contributed by atoms with E-state index in [4.69, 9.17) is 5.73 Å². The maximum atomic E-state index is 12.3. The summed E-state index contributed by atoms with van der Waals surface area (Å²) in [5, 5.41) is 0. The molecule has 1 aromatic carbocycles. The van der Waals surface area contributed by atoms with Crippen LogP contribution in [0.2, 0.25) is 0 Å². The first-order chi connectivity index (χ1) is 8.16. The van der Waals surface area contributed by atoms with Gasteiger partial charge in [0.1, 0.15) is 0 Å². The van der Waals surface area contributed by atoms with E-state index >= 15 is 0 Å². The van der Waals surface area contributed by atoms with Crippen LogP contribution in [-0.4, -0.2) is 18.5 Å². The molecule has 1 amide bonds. The van der Waals surface area contributed by atoms with Crippen molar-refractivity contribution in [3.63, 3.8) is 0 Å². The minimum atomic E-state index is 0.0715. The summed E-state index contributed by atoms with van der Waals surface area (Å²) in [6.07, 6.45) is 3.00. The molecule has 1 aliphatic carbocycles. The van der Waals surface area contributed by atoms with Gasteiger partial charge in [0, 0.05) is 18.3 Å². The quantitative estimate of drug-likeness (QED) is 0.797.